The standard InChI is InChI=1S/C14H22N2O/c1-11(2)8-9-16-13-7-5-4-6-12(13)10-14(17)15-3/h4-7,11,16H,8-10H2,1-3H3,(H,15,17). The Kier molecular flexibility index (Phi) is 5.53. The molecule has 0 aliphatic heterocycles. The second-order valence-corrected chi connectivity index (χ2v) is 4.62. The summed E-state index contributed by atoms with van der Waals surface area (Å²) in [6.45, 7) is 5.36. The molecule has 0 atom stereocenters. The fraction of sp³-hybridized carbons (Fsp3) is 0.500. The highest BCUT2D eigenvalue weighted by Gasteiger charge is 2.05. The molecule has 0 aliphatic rings. The molecule has 1 amide bonds. The van der Waals surface area contributed by atoms with Gasteiger partial charge in [-0.15, -0.1) is 0 Å². The van der Waals surface area contributed by atoms with Crippen molar-refractivity contribution in [1.82, 2.24) is 5.32 Å². The minimum Gasteiger partial charge on any atom is -0.385 e. The van der Waals surface area contributed by atoms with Crippen molar-refractivity contribution in [3.8, 4) is 0 Å². The highest BCUT2D eigenvalue weighted by Crippen LogP contribution is 2.16. The Hall–Kier alpha value is -1.51. The minimum atomic E-state index is 0.0445. The van der Waals surface area contributed by atoms with Gasteiger partial charge in [0.25, 0.3) is 0 Å². The molecule has 3 nitrogen and oxygen atoms in total. The van der Waals surface area contributed by atoms with Gasteiger partial charge in [-0.25, -0.2) is 0 Å². The molecule has 0 unspecified atom stereocenters. The predicted octanol–water partition coefficient (Wildman–Crippen LogP) is 2.43. The van der Waals surface area contributed by atoms with Crippen molar-refractivity contribution in [2.75, 3.05) is 18.9 Å². The van der Waals surface area contributed by atoms with E-state index in [0.717, 1.165) is 24.2 Å². The number of nitrogens with one attached hydrogen (secondary N) is 2. The molecule has 3 heteroatoms. The normalized spacial score (nSPS) is 10.4. The van der Waals surface area contributed by atoms with E-state index < -0.39 is 0 Å². The maximum absolute atomic E-state index is 11.4. The largest absolute Gasteiger partial charge is 0.385 e. The Morgan fingerprint density at radius 2 is 2.00 bits per heavy atom. The number of para-hydroxylation sites is 1. The Bertz CT molecular complexity index is 361. The monoisotopic (exact) mass is 234 g/mol. The molecule has 94 valence electrons. The number of benzene rings is 1. The van der Waals surface area contributed by atoms with E-state index in [4.69, 9.17) is 0 Å². The molecule has 0 aromatic heterocycles. The second-order valence-electron chi connectivity index (χ2n) is 4.62. The second kappa shape index (κ2) is 6.94. The van der Waals surface area contributed by atoms with Gasteiger partial charge in [0.05, 0.1) is 6.42 Å². The zero-order valence-corrected chi connectivity index (χ0v) is 10.9. The van der Waals surface area contributed by atoms with Crippen molar-refractivity contribution in [3.63, 3.8) is 0 Å². The van der Waals surface area contributed by atoms with Crippen LogP contribution in [0.4, 0.5) is 5.69 Å². The zero-order chi connectivity index (χ0) is 12.7. The third-order valence-electron chi connectivity index (χ3n) is 2.68. The topological polar surface area (TPSA) is 41.1 Å². The zero-order valence-electron chi connectivity index (χ0n) is 10.9. The Labute approximate surface area is 104 Å². The summed E-state index contributed by atoms with van der Waals surface area (Å²) in [7, 11) is 1.66. The van der Waals surface area contributed by atoms with Gasteiger partial charge in [0.1, 0.15) is 0 Å². The fourth-order valence-electron chi connectivity index (χ4n) is 1.60. The Balaban J connectivity index is 2.61. The van der Waals surface area contributed by atoms with E-state index in [-0.39, 0.29) is 5.91 Å². The van der Waals surface area contributed by atoms with Crippen molar-refractivity contribution in [2.45, 2.75) is 26.7 Å². The van der Waals surface area contributed by atoms with Crippen molar-refractivity contribution >= 4 is 11.6 Å². The number of carbonyl (C=O) groups is 1. The molecule has 0 radical (unpaired) electrons. The first-order valence-electron chi connectivity index (χ1n) is 6.16. The minimum absolute atomic E-state index is 0.0445. The smallest absolute Gasteiger partial charge is 0.224 e. The molecule has 0 bridgehead atoms. The summed E-state index contributed by atoms with van der Waals surface area (Å²) in [5.41, 5.74) is 2.12. The van der Waals surface area contributed by atoms with E-state index in [0.29, 0.717) is 12.3 Å². The lowest BCUT2D eigenvalue weighted by Crippen LogP contribution is -2.20. The third kappa shape index (κ3) is 4.89. The highest BCUT2D eigenvalue weighted by atomic mass is 16.1. The molecule has 2 N–H and O–H groups in total. The summed E-state index contributed by atoms with van der Waals surface area (Å²) in [5, 5.41) is 6.04. The highest BCUT2D eigenvalue weighted by molar-refractivity contribution is 5.80. The molecule has 1 aromatic rings. The Morgan fingerprint density at radius 1 is 1.29 bits per heavy atom. The van der Waals surface area contributed by atoms with Crippen LogP contribution in [0.25, 0.3) is 0 Å². The van der Waals surface area contributed by atoms with Gasteiger partial charge in [0.15, 0.2) is 0 Å². The van der Waals surface area contributed by atoms with Crippen molar-refractivity contribution in [1.29, 1.82) is 0 Å². The van der Waals surface area contributed by atoms with Crippen LogP contribution in [0.5, 0.6) is 0 Å². The van der Waals surface area contributed by atoms with Crippen LogP contribution in [-0.4, -0.2) is 19.5 Å². The summed E-state index contributed by atoms with van der Waals surface area (Å²) in [6.07, 6.45) is 1.57. The maximum Gasteiger partial charge on any atom is 0.224 e. The van der Waals surface area contributed by atoms with E-state index in [2.05, 4.69) is 24.5 Å². The summed E-state index contributed by atoms with van der Waals surface area (Å²) < 4.78 is 0. The average Bonchev–Trinajstić information content (AvgIpc) is 2.30. The number of hydrogen-bond donors (Lipinski definition) is 2. The van der Waals surface area contributed by atoms with Gasteiger partial charge in [-0.05, 0) is 24.0 Å². The molecule has 0 saturated heterocycles. The van der Waals surface area contributed by atoms with Gasteiger partial charge in [-0.2, -0.15) is 0 Å². The lowest BCUT2D eigenvalue weighted by molar-refractivity contribution is -0.119. The van der Waals surface area contributed by atoms with E-state index >= 15 is 0 Å². The molecule has 1 rings (SSSR count). The van der Waals surface area contributed by atoms with Crippen LogP contribution in [-0.2, 0) is 11.2 Å². The SMILES string of the molecule is CNC(=O)Cc1ccccc1NCCC(C)C. The number of likely N-dealkylation sites (N-methyl/N-ethyl adjacent to an activating group) is 1. The third-order valence-corrected chi connectivity index (χ3v) is 2.68. The van der Waals surface area contributed by atoms with Gasteiger partial charge in [0, 0.05) is 19.3 Å². The van der Waals surface area contributed by atoms with E-state index in [1.807, 2.05) is 24.3 Å². The first-order chi connectivity index (χ1) is 8.13. The number of hydrogen-bond acceptors (Lipinski definition) is 2. The van der Waals surface area contributed by atoms with Crippen LogP contribution >= 0.6 is 0 Å². The number of rotatable bonds is 6. The molecular formula is C14H22N2O. The molecule has 1 aromatic carbocycles. The van der Waals surface area contributed by atoms with Gasteiger partial charge in [-0.1, -0.05) is 32.0 Å². The van der Waals surface area contributed by atoms with Crippen molar-refractivity contribution < 1.29 is 4.79 Å². The summed E-state index contributed by atoms with van der Waals surface area (Å²) in [4.78, 5) is 11.4. The molecule has 0 aliphatic carbocycles. The van der Waals surface area contributed by atoms with Gasteiger partial charge >= 0.3 is 0 Å². The number of carbonyl (C=O) groups excluding carboxylic acids is 1. The molecule has 17 heavy (non-hydrogen) atoms. The summed E-state index contributed by atoms with van der Waals surface area (Å²) in [5.74, 6) is 0.733. The molecule has 0 saturated carbocycles. The quantitative estimate of drug-likeness (QED) is 0.793. The van der Waals surface area contributed by atoms with E-state index in [1.165, 1.54) is 0 Å². The van der Waals surface area contributed by atoms with Crippen LogP contribution in [0.15, 0.2) is 24.3 Å². The van der Waals surface area contributed by atoms with Crippen LogP contribution < -0.4 is 10.6 Å². The lowest BCUT2D eigenvalue weighted by Gasteiger charge is -2.12. The molecule has 0 spiro atoms. The van der Waals surface area contributed by atoms with E-state index in [1.54, 1.807) is 7.05 Å². The lowest BCUT2D eigenvalue weighted by atomic mass is 10.1. The van der Waals surface area contributed by atoms with Gasteiger partial charge < -0.3 is 10.6 Å². The fourth-order valence-corrected chi connectivity index (χ4v) is 1.60. The van der Waals surface area contributed by atoms with Crippen LogP contribution in [0.2, 0.25) is 0 Å². The maximum atomic E-state index is 11.4. The van der Waals surface area contributed by atoms with Crippen LogP contribution in [0.1, 0.15) is 25.8 Å². The predicted molar refractivity (Wildman–Crippen MR) is 72.2 cm³/mol. The molecule has 0 heterocycles. The average molecular weight is 234 g/mol. The molecular weight excluding hydrogens is 212 g/mol. The summed E-state index contributed by atoms with van der Waals surface area (Å²) in [6, 6.07) is 7.97. The van der Waals surface area contributed by atoms with E-state index in [9.17, 15) is 4.79 Å². The number of anilines is 1. The van der Waals surface area contributed by atoms with Gasteiger partial charge in [-0.3, -0.25) is 4.79 Å². The van der Waals surface area contributed by atoms with Crippen molar-refractivity contribution in [3.05, 3.63) is 29.8 Å². The first kappa shape index (κ1) is 13.6. The first-order valence-corrected chi connectivity index (χ1v) is 6.16. The van der Waals surface area contributed by atoms with Crippen LogP contribution in [0, 0.1) is 5.92 Å². The van der Waals surface area contributed by atoms with Crippen molar-refractivity contribution in [2.24, 2.45) is 5.92 Å². The van der Waals surface area contributed by atoms with Gasteiger partial charge in [0.2, 0.25) is 5.91 Å². The Morgan fingerprint density at radius 3 is 2.65 bits per heavy atom. The van der Waals surface area contributed by atoms with Crippen LogP contribution in [0.3, 0.4) is 0 Å². The summed E-state index contributed by atoms with van der Waals surface area (Å²) >= 11 is 0. The number of amides is 1. The molecule has 0 fully saturated rings.